The van der Waals surface area contributed by atoms with E-state index in [1.165, 1.54) is 13.1 Å². The molecule has 6 nitrogen and oxygen atoms in total. The highest BCUT2D eigenvalue weighted by Crippen LogP contribution is 2.27. The number of hydrogen-bond acceptors (Lipinski definition) is 5. The topological polar surface area (TPSA) is 81.4 Å². The van der Waals surface area contributed by atoms with Crippen molar-refractivity contribution in [2.45, 2.75) is 33.3 Å². The van der Waals surface area contributed by atoms with Gasteiger partial charge in [0, 0.05) is 17.1 Å². The van der Waals surface area contributed by atoms with Gasteiger partial charge in [0.1, 0.15) is 11.4 Å². The maximum Gasteiger partial charge on any atom is 0.311 e. The fraction of sp³-hybridized carbons (Fsp3) is 0.250. The van der Waals surface area contributed by atoms with Gasteiger partial charge in [-0.3, -0.25) is 9.59 Å². The Balaban J connectivity index is 1.62. The summed E-state index contributed by atoms with van der Waals surface area (Å²) >= 11 is 5.75. The number of ether oxygens (including phenoxy) is 1. The van der Waals surface area contributed by atoms with E-state index in [9.17, 15) is 9.59 Å². The summed E-state index contributed by atoms with van der Waals surface area (Å²) in [6.45, 7) is 5.48. The van der Waals surface area contributed by atoms with Gasteiger partial charge < -0.3 is 14.5 Å². The predicted molar refractivity (Wildman–Crippen MR) is 103 cm³/mol. The molecule has 27 heavy (non-hydrogen) atoms. The Hall–Kier alpha value is -2.86. The van der Waals surface area contributed by atoms with Crippen LogP contribution in [0.2, 0.25) is 5.02 Å². The summed E-state index contributed by atoms with van der Waals surface area (Å²) in [5.41, 5.74) is 3.64. The van der Waals surface area contributed by atoms with Gasteiger partial charge in [-0.15, -0.1) is 0 Å². The summed E-state index contributed by atoms with van der Waals surface area (Å²) in [5.74, 6) is -0.650. The number of carbonyl (C=O) groups is 2. The van der Waals surface area contributed by atoms with Gasteiger partial charge in [0.15, 0.2) is 6.10 Å². The van der Waals surface area contributed by atoms with E-state index >= 15 is 0 Å². The van der Waals surface area contributed by atoms with E-state index in [2.05, 4.69) is 10.3 Å². The van der Waals surface area contributed by atoms with Crippen LogP contribution in [0.3, 0.4) is 0 Å². The third-order valence-electron chi connectivity index (χ3n) is 4.33. The van der Waals surface area contributed by atoms with Crippen LogP contribution in [0.5, 0.6) is 0 Å². The second-order valence-corrected chi connectivity index (χ2v) is 6.74. The Morgan fingerprint density at radius 1 is 1.26 bits per heavy atom. The Labute approximate surface area is 161 Å². The molecule has 0 aliphatic carbocycles. The molecule has 3 aromatic rings. The molecule has 140 valence electrons. The zero-order valence-corrected chi connectivity index (χ0v) is 16.0. The number of pyridine rings is 1. The number of halogens is 1. The molecule has 0 saturated carbocycles. The van der Waals surface area contributed by atoms with Crippen molar-refractivity contribution in [2.24, 2.45) is 0 Å². The van der Waals surface area contributed by atoms with E-state index in [-0.39, 0.29) is 6.42 Å². The van der Waals surface area contributed by atoms with Gasteiger partial charge in [0.25, 0.3) is 5.91 Å². The van der Waals surface area contributed by atoms with Gasteiger partial charge in [0.2, 0.25) is 0 Å². The number of fused-ring (bicyclic) bond motifs is 1. The molecule has 0 spiro atoms. The Kier molecular flexibility index (Phi) is 5.46. The van der Waals surface area contributed by atoms with Crippen LogP contribution in [0.25, 0.3) is 11.0 Å². The van der Waals surface area contributed by atoms with Gasteiger partial charge in [-0.1, -0.05) is 23.7 Å². The number of benzene rings is 1. The monoisotopic (exact) mass is 386 g/mol. The van der Waals surface area contributed by atoms with Gasteiger partial charge >= 0.3 is 5.97 Å². The van der Waals surface area contributed by atoms with Crippen LogP contribution in [0.1, 0.15) is 23.6 Å². The van der Waals surface area contributed by atoms with Gasteiger partial charge in [-0.25, -0.2) is 4.98 Å². The minimum atomic E-state index is -0.961. The molecular formula is C20H19ClN2O4. The first-order valence-corrected chi connectivity index (χ1v) is 8.81. The van der Waals surface area contributed by atoms with Crippen molar-refractivity contribution in [3.8, 4) is 0 Å². The molecule has 1 amide bonds. The lowest BCUT2D eigenvalue weighted by Gasteiger charge is -2.13. The Morgan fingerprint density at radius 2 is 2.04 bits per heavy atom. The lowest BCUT2D eigenvalue weighted by atomic mass is 10.0. The lowest BCUT2D eigenvalue weighted by molar-refractivity contribution is -0.152. The van der Waals surface area contributed by atoms with Crippen molar-refractivity contribution in [1.82, 2.24) is 4.98 Å². The molecule has 0 aliphatic heterocycles. The first kappa shape index (κ1) is 18.9. The molecule has 1 aromatic carbocycles. The summed E-state index contributed by atoms with van der Waals surface area (Å²) in [5, 5.41) is 3.91. The molecule has 2 heterocycles. The molecule has 0 bridgehead atoms. The highest BCUT2D eigenvalue weighted by atomic mass is 35.5. The number of nitrogens with zero attached hydrogens (tertiary/aromatic N) is 1. The van der Waals surface area contributed by atoms with Crippen LogP contribution < -0.4 is 5.32 Å². The number of anilines is 1. The second kappa shape index (κ2) is 7.80. The first-order valence-electron chi connectivity index (χ1n) is 8.43. The van der Waals surface area contributed by atoms with Crippen molar-refractivity contribution in [2.75, 3.05) is 5.32 Å². The summed E-state index contributed by atoms with van der Waals surface area (Å²) in [7, 11) is 0. The molecule has 3 rings (SSSR count). The molecule has 0 fully saturated rings. The summed E-state index contributed by atoms with van der Waals surface area (Å²) < 4.78 is 10.8. The normalized spacial score (nSPS) is 12.0. The maximum absolute atomic E-state index is 12.2. The molecule has 7 heteroatoms. The van der Waals surface area contributed by atoms with Crippen molar-refractivity contribution < 1.29 is 18.7 Å². The van der Waals surface area contributed by atoms with Crippen LogP contribution in [0.15, 0.2) is 41.1 Å². The van der Waals surface area contributed by atoms with Gasteiger partial charge in [-0.05, 0) is 44.0 Å². The fourth-order valence-electron chi connectivity index (χ4n) is 2.65. The molecule has 0 aliphatic rings. The van der Waals surface area contributed by atoms with E-state index in [1.54, 1.807) is 18.4 Å². The average molecular weight is 387 g/mol. The fourth-order valence-corrected chi connectivity index (χ4v) is 2.76. The number of nitrogens with one attached hydrogen (secondary N) is 1. The smallest absolute Gasteiger partial charge is 0.311 e. The van der Waals surface area contributed by atoms with E-state index in [4.69, 9.17) is 20.8 Å². The van der Waals surface area contributed by atoms with Crippen molar-refractivity contribution in [3.63, 3.8) is 0 Å². The Morgan fingerprint density at radius 3 is 2.74 bits per heavy atom. The summed E-state index contributed by atoms with van der Waals surface area (Å²) in [4.78, 5) is 28.4. The van der Waals surface area contributed by atoms with Crippen molar-refractivity contribution >= 4 is 40.3 Å². The third-order valence-corrected chi connectivity index (χ3v) is 4.56. The number of carbonyl (C=O) groups excluding carboxylic acids is 2. The predicted octanol–water partition coefficient (Wildman–Crippen LogP) is 4.21. The Bertz CT molecular complexity index is 995. The summed E-state index contributed by atoms with van der Waals surface area (Å²) in [6, 6.07) is 7.08. The number of amides is 1. The SMILES string of the molecule is Cc1ccc2c(CC(=O)O[C@H](C)C(=O)Nc3ccc(Cl)cn3)coc2c1C. The number of furan rings is 1. The van der Waals surface area contributed by atoms with E-state index < -0.39 is 18.0 Å². The second-order valence-electron chi connectivity index (χ2n) is 6.30. The largest absolute Gasteiger partial charge is 0.464 e. The van der Waals surface area contributed by atoms with Crippen LogP contribution in [-0.2, 0) is 20.7 Å². The number of aromatic nitrogens is 1. The number of rotatable bonds is 5. The molecule has 1 atom stereocenters. The molecule has 0 radical (unpaired) electrons. The van der Waals surface area contributed by atoms with E-state index in [0.29, 0.717) is 10.8 Å². The van der Waals surface area contributed by atoms with E-state index in [0.717, 1.165) is 27.7 Å². The minimum absolute atomic E-state index is 0.0202. The van der Waals surface area contributed by atoms with E-state index in [1.807, 2.05) is 26.0 Å². The van der Waals surface area contributed by atoms with Gasteiger partial charge in [0.05, 0.1) is 17.7 Å². The van der Waals surface area contributed by atoms with Crippen LogP contribution in [0, 0.1) is 13.8 Å². The van der Waals surface area contributed by atoms with Crippen LogP contribution >= 0.6 is 11.6 Å². The molecule has 0 saturated heterocycles. The quantitative estimate of drug-likeness (QED) is 0.664. The highest BCUT2D eigenvalue weighted by Gasteiger charge is 2.20. The average Bonchev–Trinajstić information content (AvgIpc) is 3.03. The molecule has 1 N–H and O–H groups in total. The molecule has 0 unspecified atom stereocenters. The third kappa shape index (κ3) is 4.28. The van der Waals surface area contributed by atoms with Crippen molar-refractivity contribution in [3.05, 3.63) is 58.4 Å². The zero-order valence-electron chi connectivity index (χ0n) is 15.2. The van der Waals surface area contributed by atoms with Gasteiger partial charge in [-0.2, -0.15) is 0 Å². The highest BCUT2D eigenvalue weighted by molar-refractivity contribution is 6.30. The van der Waals surface area contributed by atoms with Crippen LogP contribution in [-0.4, -0.2) is 23.0 Å². The van der Waals surface area contributed by atoms with Crippen LogP contribution in [0.4, 0.5) is 5.82 Å². The number of aryl methyl sites for hydroxylation is 2. The zero-order chi connectivity index (χ0) is 19.6. The lowest BCUT2D eigenvalue weighted by Crippen LogP contribution is -2.30. The molecule has 2 aromatic heterocycles. The summed E-state index contributed by atoms with van der Waals surface area (Å²) in [6.07, 6.45) is 2.03. The number of esters is 1. The number of hydrogen-bond donors (Lipinski definition) is 1. The minimum Gasteiger partial charge on any atom is -0.464 e. The van der Waals surface area contributed by atoms with Crippen molar-refractivity contribution in [1.29, 1.82) is 0 Å². The first-order chi connectivity index (χ1) is 12.8. The maximum atomic E-state index is 12.2. The standard InChI is InChI=1S/C20H19ClN2O4/c1-11-4-6-16-14(10-26-19(16)12(11)2)8-18(24)27-13(3)20(25)23-17-7-5-15(21)9-22-17/h4-7,9-10,13H,8H2,1-3H3,(H,22,23,25)/t13-/m1/s1. The molecular weight excluding hydrogens is 368 g/mol.